The number of hydrogen-bond acceptors (Lipinski definition) is 3. The van der Waals surface area contributed by atoms with Gasteiger partial charge in [0.25, 0.3) is 0 Å². The fourth-order valence-electron chi connectivity index (χ4n) is 2.07. The van der Waals surface area contributed by atoms with Crippen molar-refractivity contribution in [2.75, 3.05) is 0 Å². The molecule has 1 aliphatic rings. The van der Waals surface area contributed by atoms with Crippen LogP contribution in [0.1, 0.15) is 46.0 Å². The molecule has 0 saturated heterocycles. The lowest BCUT2D eigenvalue weighted by molar-refractivity contribution is 0.00241. The van der Waals surface area contributed by atoms with E-state index in [-0.39, 0.29) is 12.2 Å². The van der Waals surface area contributed by atoms with Crippen molar-refractivity contribution in [2.45, 2.75) is 63.4 Å². The number of rotatable bonds is 3. The molecule has 0 bridgehead atoms. The second-order valence-corrected chi connectivity index (χ2v) is 7.22. The van der Waals surface area contributed by atoms with Crippen LogP contribution >= 0.6 is 10.7 Å². The van der Waals surface area contributed by atoms with Crippen molar-refractivity contribution < 1.29 is 13.2 Å². The van der Waals surface area contributed by atoms with Crippen LogP contribution in [0.25, 0.3) is 0 Å². The number of ether oxygens (including phenoxy) is 1. The highest BCUT2D eigenvalue weighted by molar-refractivity contribution is 8.14. The molecule has 0 N–H and O–H groups in total. The Hall–Kier alpha value is 0.200. The molecule has 0 amide bonds. The molecule has 0 heterocycles. The summed E-state index contributed by atoms with van der Waals surface area (Å²) in [5.41, 5.74) is 0. The topological polar surface area (TPSA) is 43.4 Å². The summed E-state index contributed by atoms with van der Waals surface area (Å²) < 4.78 is 28.5. The molecule has 5 heteroatoms. The van der Waals surface area contributed by atoms with Gasteiger partial charge in [0.1, 0.15) is 5.25 Å². The second-order valence-electron chi connectivity index (χ2n) is 4.38. The quantitative estimate of drug-likeness (QED) is 0.575. The molecule has 3 nitrogen and oxygen atoms in total. The minimum Gasteiger partial charge on any atom is -0.374 e. The van der Waals surface area contributed by atoms with Crippen LogP contribution in [0.2, 0.25) is 0 Å². The van der Waals surface area contributed by atoms with Gasteiger partial charge in [0.15, 0.2) is 0 Å². The van der Waals surface area contributed by atoms with Crippen molar-refractivity contribution in [1.82, 2.24) is 0 Å². The van der Waals surface area contributed by atoms with Gasteiger partial charge < -0.3 is 4.74 Å². The summed E-state index contributed by atoms with van der Waals surface area (Å²) in [7, 11) is 1.96. The Morgan fingerprint density at radius 2 is 1.80 bits per heavy atom. The van der Waals surface area contributed by atoms with Gasteiger partial charge in [-0.15, -0.1) is 0 Å². The monoisotopic (exact) mass is 254 g/mol. The lowest BCUT2D eigenvalue weighted by Crippen LogP contribution is -2.34. The summed E-state index contributed by atoms with van der Waals surface area (Å²) in [6.07, 6.45) is 4.28. The maximum Gasteiger partial charge on any atom is 0.238 e. The van der Waals surface area contributed by atoms with E-state index in [9.17, 15) is 8.42 Å². The molecule has 0 aromatic heterocycles. The van der Waals surface area contributed by atoms with Crippen LogP contribution in [0.5, 0.6) is 0 Å². The molecule has 90 valence electrons. The molecule has 0 radical (unpaired) electrons. The largest absolute Gasteiger partial charge is 0.374 e. The molecule has 0 unspecified atom stereocenters. The maximum atomic E-state index is 11.4. The van der Waals surface area contributed by atoms with E-state index >= 15 is 0 Å². The smallest absolute Gasteiger partial charge is 0.238 e. The van der Waals surface area contributed by atoms with Crippen LogP contribution in [0.3, 0.4) is 0 Å². The molecule has 0 aromatic rings. The predicted molar refractivity (Wildman–Crippen MR) is 61.7 cm³/mol. The zero-order chi connectivity index (χ0) is 11.5. The van der Waals surface area contributed by atoms with E-state index in [0.29, 0.717) is 6.42 Å². The molecule has 0 aliphatic heterocycles. The Bertz CT molecular complexity index is 287. The normalized spacial score (nSPS) is 29.1. The summed E-state index contributed by atoms with van der Waals surface area (Å²) in [5.74, 6) is 0. The molecule has 2 atom stereocenters. The molecule has 1 saturated carbocycles. The highest BCUT2D eigenvalue weighted by atomic mass is 35.7. The van der Waals surface area contributed by atoms with Crippen LogP contribution < -0.4 is 0 Å². The third kappa shape index (κ3) is 4.29. The first-order valence-corrected chi connectivity index (χ1v) is 7.87. The van der Waals surface area contributed by atoms with Crippen molar-refractivity contribution in [3.63, 3.8) is 0 Å². The van der Waals surface area contributed by atoms with Gasteiger partial charge in [0, 0.05) is 10.7 Å². The Morgan fingerprint density at radius 1 is 1.20 bits per heavy atom. The minimum atomic E-state index is -3.50. The zero-order valence-electron chi connectivity index (χ0n) is 9.28. The van der Waals surface area contributed by atoms with E-state index in [1.54, 1.807) is 0 Å². The van der Waals surface area contributed by atoms with Gasteiger partial charge in [-0.2, -0.15) is 0 Å². The SMILES string of the molecule is CC(C)O[C@@H]1CCCCC[C@@H]1S(=O)(=O)Cl. The molecular formula is C10H19ClO3S. The van der Waals surface area contributed by atoms with Gasteiger partial charge in [0.05, 0.1) is 12.2 Å². The van der Waals surface area contributed by atoms with E-state index in [2.05, 4.69) is 0 Å². The summed E-state index contributed by atoms with van der Waals surface area (Å²) in [6, 6.07) is 0. The average molecular weight is 255 g/mol. The highest BCUT2D eigenvalue weighted by Crippen LogP contribution is 2.28. The Balaban J connectivity index is 2.76. The minimum absolute atomic E-state index is 0.0500. The van der Waals surface area contributed by atoms with Gasteiger partial charge in [0.2, 0.25) is 9.05 Å². The average Bonchev–Trinajstić information content (AvgIpc) is 2.27. The first kappa shape index (κ1) is 13.3. The summed E-state index contributed by atoms with van der Waals surface area (Å²) >= 11 is 0. The Labute approximate surface area is 96.6 Å². The highest BCUT2D eigenvalue weighted by Gasteiger charge is 2.34. The molecule has 1 aliphatic carbocycles. The van der Waals surface area contributed by atoms with E-state index in [0.717, 1.165) is 25.7 Å². The van der Waals surface area contributed by atoms with Gasteiger partial charge in [-0.25, -0.2) is 8.42 Å². The number of hydrogen-bond donors (Lipinski definition) is 0. The van der Waals surface area contributed by atoms with Crippen molar-refractivity contribution in [2.24, 2.45) is 0 Å². The van der Waals surface area contributed by atoms with Crippen molar-refractivity contribution in [1.29, 1.82) is 0 Å². The third-order valence-electron chi connectivity index (χ3n) is 2.70. The first-order valence-electron chi connectivity index (χ1n) is 5.50. The number of halogens is 1. The zero-order valence-corrected chi connectivity index (χ0v) is 10.9. The van der Waals surface area contributed by atoms with Crippen LogP contribution in [-0.2, 0) is 13.8 Å². The summed E-state index contributed by atoms with van der Waals surface area (Å²) in [5, 5.41) is -0.524. The third-order valence-corrected chi connectivity index (χ3v) is 4.65. The standard InChI is InChI=1S/C10H19ClO3S/c1-8(2)14-9-6-4-3-5-7-10(9)15(11,12)13/h8-10H,3-7H2,1-2H3/t9-,10+/m1/s1. The van der Waals surface area contributed by atoms with E-state index in [1.807, 2.05) is 13.8 Å². The first-order chi connectivity index (χ1) is 6.91. The summed E-state index contributed by atoms with van der Waals surface area (Å²) in [6.45, 7) is 3.84. The van der Waals surface area contributed by atoms with Gasteiger partial charge in [-0.1, -0.05) is 19.3 Å². The van der Waals surface area contributed by atoms with E-state index in [1.165, 1.54) is 0 Å². The Kier molecular flexibility index (Phi) is 4.87. The van der Waals surface area contributed by atoms with E-state index < -0.39 is 14.3 Å². The van der Waals surface area contributed by atoms with Crippen molar-refractivity contribution in [3.8, 4) is 0 Å². The Morgan fingerprint density at radius 3 is 2.33 bits per heavy atom. The summed E-state index contributed by atoms with van der Waals surface area (Å²) in [4.78, 5) is 0. The fourth-order valence-corrected chi connectivity index (χ4v) is 3.69. The van der Waals surface area contributed by atoms with Crippen LogP contribution in [0.4, 0.5) is 0 Å². The second kappa shape index (κ2) is 5.51. The van der Waals surface area contributed by atoms with Crippen molar-refractivity contribution in [3.05, 3.63) is 0 Å². The fraction of sp³-hybridized carbons (Fsp3) is 1.00. The van der Waals surface area contributed by atoms with Crippen LogP contribution in [0, 0.1) is 0 Å². The lowest BCUT2D eigenvalue weighted by Gasteiger charge is -2.24. The molecule has 0 spiro atoms. The molecule has 1 rings (SSSR count). The van der Waals surface area contributed by atoms with Crippen LogP contribution in [-0.4, -0.2) is 25.9 Å². The van der Waals surface area contributed by atoms with Crippen LogP contribution in [0.15, 0.2) is 0 Å². The lowest BCUT2D eigenvalue weighted by atomic mass is 10.1. The maximum absolute atomic E-state index is 11.4. The molecule has 15 heavy (non-hydrogen) atoms. The molecule has 1 fully saturated rings. The van der Waals surface area contributed by atoms with E-state index in [4.69, 9.17) is 15.4 Å². The molecule has 0 aromatic carbocycles. The van der Waals surface area contributed by atoms with Gasteiger partial charge >= 0.3 is 0 Å². The van der Waals surface area contributed by atoms with Crippen molar-refractivity contribution >= 4 is 19.7 Å². The predicted octanol–water partition coefficient (Wildman–Crippen LogP) is 2.68. The van der Waals surface area contributed by atoms with Gasteiger partial charge in [-0.3, -0.25) is 0 Å². The van der Waals surface area contributed by atoms with Gasteiger partial charge in [-0.05, 0) is 26.7 Å². The molecular weight excluding hydrogens is 236 g/mol.